The zero-order valence-corrected chi connectivity index (χ0v) is 9.80. The Labute approximate surface area is 92.8 Å². The molecule has 0 spiro atoms. The zero-order chi connectivity index (χ0) is 9.97. The van der Waals surface area contributed by atoms with Crippen molar-refractivity contribution in [2.75, 3.05) is 20.2 Å². The van der Waals surface area contributed by atoms with E-state index >= 15 is 0 Å². The van der Waals surface area contributed by atoms with Gasteiger partial charge in [0.2, 0.25) is 0 Å². The highest BCUT2D eigenvalue weighted by Crippen LogP contribution is 2.32. The number of ether oxygens (including phenoxy) is 1. The van der Waals surface area contributed by atoms with Crippen LogP contribution in [0.3, 0.4) is 0 Å². The summed E-state index contributed by atoms with van der Waals surface area (Å²) >= 11 is 3.45. The SMILES string of the molecule is COc1cc(Br)ccc1C1CCNC1. The van der Waals surface area contributed by atoms with Crippen LogP contribution in [0.25, 0.3) is 0 Å². The molecule has 1 unspecified atom stereocenters. The first-order valence-corrected chi connectivity index (χ1v) is 5.64. The van der Waals surface area contributed by atoms with Crippen molar-refractivity contribution in [3.05, 3.63) is 28.2 Å². The number of benzene rings is 1. The Balaban J connectivity index is 2.31. The number of hydrogen-bond donors (Lipinski definition) is 1. The van der Waals surface area contributed by atoms with E-state index in [2.05, 4.69) is 33.4 Å². The average molecular weight is 256 g/mol. The Hall–Kier alpha value is -0.540. The number of hydrogen-bond acceptors (Lipinski definition) is 2. The summed E-state index contributed by atoms with van der Waals surface area (Å²) < 4.78 is 6.45. The molecule has 2 nitrogen and oxygen atoms in total. The molecule has 1 saturated heterocycles. The number of halogens is 1. The van der Waals surface area contributed by atoms with Gasteiger partial charge in [-0.25, -0.2) is 0 Å². The minimum atomic E-state index is 0.609. The lowest BCUT2D eigenvalue weighted by molar-refractivity contribution is 0.406. The minimum Gasteiger partial charge on any atom is -0.496 e. The lowest BCUT2D eigenvalue weighted by Crippen LogP contribution is -2.08. The largest absolute Gasteiger partial charge is 0.496 e. The summed E-state index contributed by atoms with van der Waals surface area (Å²) in [5, 5.41) is 3.37. The Morgan fingerprint density at radius 1 is 1.50 bits per heavy atom. The summed E-state index contributed by atoms with van der Waals surface area (Å²) in [6, 6.07) is 6.27. The molecule has 1 heterocycles. The van der Waals surface area contributed by atoms with Crippen LogP contribution in [-0.2, 0) is 0 Å². The quantitative estimate of drug-likeness (QED) is 0.877. The maximum Gasteiger partial charge on any atom is 0.123 e. The summed E-state index contributed by atoms with van der Waals surface area (Å²) in [6.07, 6.45) is 1.21. The van der Waals surface area contributed by atoms with Crippen LogP contribution in [0.15, 0.2) is 22.7 Å². The van der Waals surface area contributed by atoms with E-state index in [1.54, 1.807) is 7.11 Å². The Kier molecular flexibility index (Phi) is 3.08. The van der Waals surface area contributed by atoms with Gasteiger partial charge >= 0.3 is 0 Å². The van der Waals surface area contributed by atoms with Gasteiger partial charge in [-0.2, -0.15) is 0 Å². The molecule has 1 N–H and O–H groups in total. The maximum absolute atomic E-state index is 5.38. The van der Waals surface area contributed by atoms with Crippen LogP contribution in [0.5, 0.6) is 5.75 Å². The van der Waals surface area contributed by atoms with Gasteiger partial charge in [-0.3, -0.25) is 0 Å². The highest BCUT2D eigenvalue weighted by Gasteiger charge is 2.19. The fraction of sp³-hybridized carbons (Fsp3) is 0.455. The van der Waals surface area contributed by atoms with Crippen LogP contribution < -0.4 is 10.1 Å². The van der Waals surface area contributed by atoms with Crippen molar-refractivity contribution < 1.29 is 4.74 Å². The van der Waals surface area contributed by atoms with Crippen molar-refractivity contribution in [3.63, 3.8) is 0 Å². The Morgan fingerprint density at radius 2 is 2.36 bits per heavy atom. The molecule has 1 aromatic carbocycles. The number of methoxy groups -OCH3 is 1. The number of nitrogens with one attached hydrogen (secondary N) is 1. The van der Waals surface area contributed by atoms with Gasteiger partial charge in [0, 0.05) is 16.9 Å². The highest BCUT2D eigenvalue weighted by molar-refractivity contribution is 9.10. The van der Waals surface area contributed by atoms with Gasteiger partial charge in [0.25, 0.3) is 0 Å². The summed E-state index contributed by atoms with van der Waals surface area (Å²) in [5.41, 5.74) is 1.32. The predicted octanol–water partition coefficient (Wildman–Crippen LogP) is 2.53. The first-order valence-electron chi connectivity index (χ1n) is 4.85. The summed E-state index contributed by atoms with van der Waals surface area (Å²) in [4.78, 5) is 0. The van der Waals surface area contributed by atoms with Crippen LogP contribution in [-0.4, -0.2) is 20.2 Å². The standard InChI is InChI=1S/C11H14BrNO/c1-14-11-6-9(12)2-3-10(11)8-4-5-13-7-8/h2-3,6,8,13H,4-5,7H2,1H3. The molecule has 1 fully saturated rings. The fourth-order valence-corrected chi connectivity index (χ4v) is 2.28. The van der Waals surface area contributed by atoms with E-state index in [9.17, 15) is 0 Å². The topological polar surface area (TPSA) is 21.3 Å². The molecule has 1 aromatic rings. The van der Waals surface area contributed by atoms with Crippen molar-refractivity contribution >= 4 is 15.9 Å². The van der Waals surface area contributed by atoms with E-state index in [0.717, 1.165) is 23.3 Å². The highest BCUT2D eigenvalue weighted by atomic mass is 79.9. The van der Waals surface area contributed by atoms with E-state index in [1.165, 1.54) is 12.0 Å². The molecular weight excluding hydrogens is 242 g/mol. The van der Waals surface area contributed by atoms with E-state index in [1.807, 2.05) is 6.07 Å². The van der Waals surface area contributed by atoms with Crippen LogP contribution in [0, 0.1) is 0 Å². The van der Waals surface area contributed by atoms with Gasteiger partial charge in [-0.1, -0.05) is 22.0 Å². The molecule has 0 aromatic heterocycles. The average Bonchev–Trinajstić information content (AvgIpc) is 2.70. The third-order valence-electron chi connectivity index (χ3n) is 2.70. The van der Waals surface area contributed by atoms with Crippen LogP contribution in [0.4, 0.5) is 0 Å². The molecule has 2 rings (SSSR count). The third kappa shape index (κ3) is 1.93. The van der Waals surface area contributed by atoms with Crippen molar-refractivity contribution in [1.29, 1.82) is 0 Å². The van der Waals surface area contributed by atoms with Gasteiger partial charge in [0.05, 0.1) is 7.11 Å². The van der Waals surface area contributed by atoms with Crippen LogP contribution in [0.1, 0.15) is 17.9 Å². The maximum atomic E-state index is 5.38. The predicted molar refractivity (Wildman–Crippen MR) is 60.9 cm³/mol. The van der Waals surface area contributed by atoms with Crippen molar-refractivity contribution in [3.8, 4) is 5.75 Å². The summed E-state index contributed by atoms with van der Waals surface area (Å²) in [6.45, 7) is 2.18. The van der Waals surface area contributed by atoms with E-state index in [-0.39, 0.29) is 0 Å². The van der Waals surface area contributed by atoms with Gasteiger partial charge in [0.15, 0.2) is 0 Å². The third-order valence-corrected chi connectivity index (χ3v) is 3.19. The van der Waals surface area contributed by atoms with E-state index in [4.69, 9.17) is 4.74 Å². The molecule has 0 bridgehead atoms. The Morgan fingerprint density at radius 3 is 3.00 bits per heavy atom. The molecule has 0 radical (unpaired) electrons. The molecule has 0 aliphatic carbocycles. The van der Waals surface area contributed by atoms with Crippen LogP contribution >= 0.6 is 15.9 Å². The second kappa shape index (κ2) is 4.32. The van der Waals surface area contributed by atoms with Crippen molar-refractivity contribution in [2.45, 2.75) is 12.3 Å². The molecule has 1 aliphatic rings. The fourth-order valence-electron chi connectivity index (χ4n) is 1.94. The second-order valence-electron chi connectivity index (χ2n) is 3.58. The second-order valence-corrected chi connectivity index (χ2v) is 4.49. The molecule has 76 valence electrons. The summed E-state index contributed by atoms with van der Waals surface area (Å²) in [7, 11) is 1.73. The summed E-state index contributed by atoms with van der Waals surface area (Å²) in [5.74, 6) is 1.60. The first kappa shape index (κ1) is 9.99. The van der Waals surface area contributed by atoms with Gasteiger partial charge in [-0.05, 0) is 30.7 Å². The molecule has 0 amide bonds. The van der Waals surface area contributed by atoms with Gasteiger partial charge in [-0.15, -0.1) is 0 Å². The smallest absolute Gasteiger partial charge is 0.123 e. The molecular formula is C11H14BrNO. The van der Waals surface area contributed by atoms with Gasteiger partial charge in [0.1, 0.15) is 5.75 Å². The van der Waals surface area contributed by atoms with Gasteiger partial charge < -0.3 is 10.1 Å². The first-order chi connectivity index (χ1) is 6.81. The van der Waals surface area contributed by atoms with Crippen LogP contribution in [0.2, 0.25) is 0 Å². The van der Waals surface area contributed by atoms with Crippen molar-refractivity contribution in [1.82, 2.24) is 5.32 Å². The lowest BCUT2D eigenvalue weighted by Gasteiger charge is -2.13. The van der Waals surface area contributed by atoms with Crippen molar-refractivity contribution in [2.24, 2.45) is 0 Å². The zero-order valence-electron chi connectivity index (χ0n) is 8.22. The molecule has 1 atom stereocenters. The molecule has 1 aliphatic heterocycles. The minimum absolute atomic E-state index is 0.609. The molecule has 3 heteroatoms. The van der Waals surface area contributed by atoms with E-state index in [0.29, 0.717) is 5.92 Å². The molecule has 14 heavy (non-hydrogen) atoms. The van der Waals surface area contributed by atoms with E-state index < -0.39 is 0 Å². The monoisotopic (exact) mass is 255 g/mol. The normalized spacial score (nSPS) is 21.1. The Bertz CT molecular complexity index is 321. The number of rotatable bonds is 2. The molecule has 0 saturated carbocycles. The lowest BCUT2D eigenvalue weighted by atomic mass is 9.97.